The average Bonchev–Trinajstić information content (AvgIpc) is 2.53. The Morgan fingerprint density at radius 3 is 3.05 bits per heavy atom. The molecule has 1 fully saturated rings. The van der Waals surface area contributed by atoms with Gasteiger partial charge in [0.2, 0.25) is 0 Å². The molecule has 0 amide bonds. The second-order valence-corrected chi connectivity index (χ2v) is 5.41. The summed E-state index contributed by atoms with van der Waals surface area (Å²) in [5.74, 6) is -0.272. The van der Waals surface area contributed by atoms with E-state index in [4.69, 9.17) is 9.47 Å². The van der Waals surface area contributed by atoms with Gasteiger partial charge in [-0.1, -0.05) is 18.6 Å². The highest BCUT2D eigenvalue weighted by Crippen LogP contribution is 2.11. The van der Waals surface area contributed by atoms with Gasteiger partial charge in [-0.15, -0.1) is 0 Å². The lowest BCUT2D eigenvalue weighted by molar-refractivity contribution is 0.0526. The molecule has 1 saturated heterocycles. The van der Waals surface area contributed by atoms with E-state index in [2.05, 4.69) is 5.32 Å². The van der Waals surface area contributed by atoms with E-state index in [-0.39, 0.29) is 5.97 Å². The lowest BCUT2D eigenvalue weighted by Gasteiger charge is -2.23. The summed E-state index contributed by atoms with van der Waals surface area (Å²) in [6.45, 7) is 4.63. The van der Waals surface area contributed by atoms with Crippen molar-refractivity contribution in [1.82, 2.24) is 5.32 Å². The summed E-state index contributed by atoms with van der Waals surface area (Å²) >= 11 is 0. The van der Waals surface area contributed by atoms with Crippen LogP contribution in [-0.4, -0.2) is 31.8 Å². The Kier molecular flexibility index (Phi) is 6.70. The number of hydrogen-bond donors (Lipinski definition) is 1. The number of nitrogens with one attached hydrogen (secondary N) is 1. The van der Waals surface area contributed by atoms with E-state index >= 15 is 0 Å². The second kappa shape index (κ2) is 8.80. The SMILES string of the molecule is CCOC(=O)c1cccc(COCCC2CCCCN2)c1. The summed E-state index contributed by atoms with van der Waals surface area (Å²) in [6.07, 6.45) is 4.91. The standard InChI is InChI=1S/C17H25NO3/c1-2-21-17(19)15-7-5-6-14(12-15)13-20-11-9-16-8-3-4-10-18-16/h5-7,12,16,18H,2-4,8-11,13H2,1H3. The average molecular weight is 291 g/mol. The maximum absolute atomic E-state index is 11.7. The third-order valence-corrected chi connectivity index (χ3v) is 3.73. The summed E-state index contributed by atoms with van der Waals surface area (Å²) < 4.78 is 10.7. The number of rotatable bonds is 7. The van der Waals surface area contributed by atoms with Crippen LogP contribution in [0, 0.1) is 0 Å². The van der Waals surface area contributed by atoms with Gasteiger partial charge in [0.1, 0.15) is 0 Å². The van der Waals surface area contributed by atoms with E-state index in [1.54, 1.807) is 6.07 Å². The molecule has 1 unspecified atom stereocenters. The molecule has 116 valence electrons. The molecule has 1 aliphatic rings. The van der Waals surface area contributed by atoms with Crippen LogP contribution >= 0.6 is 0 Å². The lowest BCUT2D eigenvalue weighted by atomic mass is 10.0. The Bertz CT molecular complexity index is 441. The Balaban J connectivity index is 1.72. The van der Waals surface area contributed by atoms with Crippen LogP contribution in [0.5, 0.6) is 0 Å². The molecule has 0 aromatic heterocycles. The van der Waals surface area contributed by atoms with Crippen LogP contribution in [0.1, 0.15) is 48.5 Å². The van der Waals surface area contributed by atoms with Crippen molar-refractivity contribution in [3.05, 3.63) is 35.4 Å². The molecule has 1 N–H and O–H groups in total. The van der Waals surface area contributed by atoms with Gasteiger partial charge in [-0.2, -0.15) is 0 Å². The molecule has 0 spiro atoms. The Morgan fingerprint density at radius 2 is 2.29 bits per heavy atom. The zero-order chi connectivity index (χ0) is 14.9. The van der Waals surface area contributed by atoms with Crippen molar-refractivity contribution in [3.63, 3.8) is 0 Å². The minimum absolute atomic E-state index is 0.272. The summed E-state index contributed by atoms with van der Waals surface area (Å²) in [5.41, 5.74) is 1.60. The molecule has 21 heavy (non-hydrogen) atoms. The molecule has 0 aliphatic carbocycles. The van der Waals surface area contributed by atoms with Gasteiger partial charge in [0, 0.05) is 12.6 Å². The van der Waals surface area contributed by atoms with Crippen molar-refractivity contribution < 1.29 is 14.3 Å². The zero-order valence-corrected chi connectivity index (χ0v) is 12.8. The number of benzene rings is 1. The highest BCUT2D eigenvalue weighted by Gasteiger charge is 2.12. The van der Waals surface area contributed by atoms with Crippen molar-refractivity contribution in [1.29, 1.82) is 0 Å². The van der Waals surface area contributed by atoms with Crippen LogP contribution in [0.2, 0.25) is 0 Å². The number of ether oxygens (including phenoxy) is 2. The van der Waals surface area contributed by atoms with Gasteiger partial charge in [0.15, 0.2) is 0 Å². The van der Waals surface area contributed by atoms with Gasteiger partial charge < -0.3 is 14.8 Å². The van der Waals surface area contributed by atoms with E-state index in [0.717, 1.165) is 25.1 Å². The molecular formula is C17H25NO3. The molecule has 1 aromatic carbocycles. The number of hydrogen-bond acceptors (Lipinski definition) is 4. The third kappa shape index (κ3) is 5.48. The van der Waals surface area contributed by atoms with E-state index in [1.165, 1.54) is 19.3 Å². The third-order valence-electron chi connectivity index (χ3n) is 3.73. The number of carbonyl (C=O) groups is 1. The summed E-state index contributed by atoms with van der Waals surface area (Å²) in [7, 11) is 0. The molecule has 0 radical (unpaired) electrons. The van der Waals surface area contributed by atoms with Gasteiger partial charge in [-0.25, -0.2) is 4.79 Å². The predicted molar refractivity (Wildman–Crippen MR) is 82.3 cm³/mol. The predicted octanol–water partition coefficient (Wildman–Crippen LogP) is 2.91. The molecule has 0 saturated carbocycles. The molecule has 1 aliphatic heterocycles. The number of esters is 1. The van der Waals surface area contributed by atoms with Gasteiger partial charge in [-0.3, -0.25) is 0 Å². The van der Waals surface area contributed by atoms with E-state index in [0.29, 0.717) is 24.8 Å². The van der Waals surface area contributed by atoms with Crippen molar-refractivity contribution in [3.8, 4) is 0 Å². The topological polar surface area (TPSA) is 47.6 Å². The van der Waals surface area contributed by atoms with Crippen molar-refractivity contribution in [2.75, 3.05) is 19.8 Å². The van der Waals surface area contributed by atoms with Crippen molar-refractivity contribution in [2.45, 2.75) is 45.3 Å². The molecule has 1 atom stereocenters. The Hall–Kier alpha value is -1.39. The molecule has 2 rings (SSSR count). The fourth-order valence-corrected chi connectivity index (χ4v) is 2.59. The normalized spacial score (nSPS) is 18.4. The quantitative estimate of drug-likeness (QED) is 0.620. The summed E-state index contributed by atoms with van der Waals surface area (Å²) in [6, 6.07) is 8.06. The first-order chi connectivity index (χ1) is 10.3. The Morgan fingerprint density at radius 1 is 1.38 bits per heavy atom. The van der Waals surface area contributed by atoms with Crippen LogP contribution < -0.4 is 5.32 Å². The molecule has 0 bridgehead atoms. The molecule has 4 nitrogen and oxygen atoms in total. The maximum Gasteiger partial charge on any atom is 0.338 e. The van der Waals surface area contributed by atoms with Gasteiger partial charge in [0.05, 0.1) is 18.8 Å². The van der Waals surface area contributed by atoms with E-state index < -0.39 is 0 Å². The molecule has 1 heterocycles. The Labute approximate surface area is 126 Å². The van der Waals surface area contributed by atoms with Gasteiger partial charge in [0.25, 0.3) is 0 Å². The van der Waals surface area contributed by atoms with Gasteiger partial charge in [-0.05, 0) is 50.4 Å². The van der Waals surface area contributed by atoms with Crippen molar-refractivity contribution >= 4 is 5.97 Å². The minimum Gasteiger partial charge on any atom is -0.462 e. The molecule has 1 aromatic rings. The van der Waals surface area contributed by atoms with Gasteiger partial charge >= 0.3 is 5.97 Å². The van der Waals surface area contributed by atoms with Crippen LogP contribution in [0.25, 0.3) is 0 Å². The first kappa shape index (κ1) is 16.0. The minimum atomic E-state index is -0.272. The highest BCUT2D eigenvalue weighted by atomic mass is 16.5. The van der Waals surface area contributed by atoms with Crippen LogP contribution in [0.4, 0.5) is 0 Å². The monoisotopic (exact) mass is 291 g/mol. The van der Waals surface area contributed by atoms with Crippen molar-refractivity contribution in [2.24, 2.45) is 0 Å². The first-order valence-electron chi connectivity index (χ1n) is 7.87. The number of piperidine rings is 1. The first-order valence-corrected chi connectivity index (χ1v) is 7.87. The van der Waals surface area contributed by atoms with Crippen LogP contribution in [-0.2, 0) is 16.1 Å². The van der Waals surface area contributed by atoms with E-state index in [9.17, 15) is 4.79 Å². The summed E-state index contributed by atoms with van der Waals surface area (Å²) in [4.78, 5) is 11.7. The fraction of sp³-hybridized carbons (Fsp3) is 0.588. The zero-order valence-electron chi connectivity index (χ0n) is 12.8. The maximum atomic E-state index is 11.7. The second-order valence-electron chi connectivity index (χ2n) is 5.41. The largest absolute Gasteiger partial charge is 0.462 e. The van der Waals surface area contributed by atoms with Crippen LogP contribution in [0.15, 0.2) is 24.3 Å². The van der Waals surface area contributed by atoms with Crippen LogP contribution in [0.3, 0.4) is 0 Å². The summed E-state index contributed by atoms with van der Waals surface area (Å²) in [5, 5.41) is 3.51. The van der Waals surface area contributed by atoms with E-state index in [1.807, 2.05) is 25.1 Å². The molecule has 4 heteroatoms. The fourth-order valence-electron chi connectivity index (χ4n) is 2.59. The smallest absolute Gasteiger partial charge is 0.338 e. The lowest BCUT2D eigenvalue weighted by Crippen LogP contribution is -2.34. The number of carbonyl (C=O) groups excluding carboxylic acids is 1. The highest BCUT2D eigenvalue weighted by molar-refractivity contribution is 5.89. The molecular weight excluding hydrogens is 266 g/mol.